The molecule has 1 amide bonds. The van der Waals surface area contributed by atoms with Gasteiger partial charge in [0.05, 0.1) is 0 Å². The molecule has 1 fully saturated rings. The Morgan fingerprint density at radius 3 is 2.56 bits per heavy atom. The Kier molecular flexibility index (Phi) is 5.25. The molecule has 2 N–H and O–H groups in total. The highest BCUT2D eigenvalue weighted by molar-refractivity contribution is 5.73. The van der Waals surface area contributed by atoms with Crippen LogP contribution in [0.15, 0.2) is 0 Å². The summed E-state index contributed by atoms with van der Waals surface area (Å²) in [5.74, 6) is -0.568. The zero-order valence-corrected chi connectivity index (χ0v) is 9.57. The van der Waals surface area contributed by atoms with Crippen LogP contribution in [0.2, 0.25) is 0 Å². The highest BCUT2D eigenvalue weighted by atomic mass is 16.5. The van der Waals surface area contributed by atoms with Gasteiger partial charge >= 0.3 is 5.97 Å². The molecule has 1 heterocycles. The number of aliphatic carboxylic acids is 1. The van der Waals surface area contributed by atoms with E-state index in [0.29, 0.717) is 25.6 Å². The van der Waals surface area contributed by atoms with Gasteiger partial charge in [-0.2, -0.15) is 0 Å². The number of carbonyl (C=O) groups excluding carboxylic acids is 1. The minimum absolute atomic E-state index is 0.0301. The smallest absolute Gasteiger partial charge is 0.303 e. The Morgan fingerprint density at radius 2 is 2.06 bits per heavy atom. The summed E-state index contributed by atoms with van der Waals surface area (Å²) >= 11 is 0. The number of hydrogen-bond acceptors (Lipinski definition) is 3. The molecular weight excluding hydrogens is 210 g/mol. The van der Waals surface area contributed by atoms with Crippen LogP contribution < -0.4 is 5.32 Å². The van der Waals surface area contributed by atoms with Crippen LogP contribution in [0.1, 0.15) is 32.6 Å². The number of rotatable bonds is 5. The van der Waals surface area contributed by atoms with Crippen molar-refractivity contribution in [3.63, 3.8) is 0 Å². The number of amides is 1. The van der Waals surface area contributed by atoms with Crippen LogP contribution in [0.5, 0.6) is 0 Å². The van der Waals surface area contributed by atoms with Crippen molar-refractivity contribution in [1.82, 2.24) is 5.32 Å². The summed E-state index contributed by atoms with van der Waals surface area (Å²) < 4.78 is 5.25. The van der Waals surface area contributed by atoms with E-state index in [1.54, 1.807) is 0 Å². The first kappa shape index (κ1) is 13.0. The van der Waals surface area contributed by atoms with E-state index < -0.39 is 5.97 Å². The fourth-order valence-corrected chi connectivity index (χ4v) is 2.08. The second-order valence-corrected chi connectivity index (χ2v) is 4.19. The molecule has 92 valence electrons. The van der Waals surface area contributed by atoms with Crippen LogP contribution in [-0.4, -0.2) is 36.2 Å². The normalized spacial score (nSPS) is 19.1. The van der Waals surface area contributed by atoms with E-state index >= 15 is 0 Å². The zero-order valence-electron chi connectivity index (χ0n) is 9.57. The first-order valence-corrected chi connectivity index (χ1v) is 5.66. The van der Waals surface area contributed by atoms with Gasteiger partial charge in [0.15, 0.2) is 0 Å². The molecule has 0 aromatic rings. The summed E-state index contributed by atoms with van der Waals surface area (Å²) in [6.45, 7) is 2.87. The molecule has 1 unspecified atom stereocenters. The second-order valence-electron chi connectivity index (χ2n) is 4.19. The fourth-order valence-electron chi connectivity index (χ4n) is 2.08. The van der Waals surface area contributed by atoms with Crippen molar-refractivity contribution in [2.75, 3.05) is 13.2 Å². The molecule has 0 saturated carbocycles. The highest BCUT2D eigenvalue weighted by Gasteiger charge is 2.25. The van der Waals surface area contributed by atoms with Crippen LogP contribution in [0, 0.1) is 5.92 Å². The first-order valence-electron chi connectivity index (χ1n) is 5.66. The van der Waals surface area contributed by atoms with Crippen LogP contribution in [0.25, 0.3) is 0 Å². The molecule has 1 atom stereocenters. The van der Waals surface area contributed by atoms with E-state index in [0.717, 1.165) is 12.8 Å². The second kappa shape index (κ2) is 6.48. The molecule has 0 radical (unpaired) electrons. The van der Waals surface area contributed by atoms with E-state index in [2.05, 4.69) is 5.32 Å². The average molecular weight is 229 g/mol. The number of carboxylic acids is 1. The van der Waals surface area contributed by atoms with Gasteiger partial charge in [-0.3, -0.25) is 9.59 Å². The average Bonchev–Trinajstić information content (AvgIpc) is 2.25. The molecule has 5 nitrogen and oxygen atoms in total. The third-order valence-electron chi connectivity index (χ3n) is 2.89. The number of carbonyl (C=O) groups is 2. The van der Waals surface area contributed by atoms with E-state index in [1.165, 1.54) is 6.92 Å². The molecular formula is C11H19NO4. The van der Waals surface area contributed by atoms with Gasteiger partial charge in [0, 0.05) is 32.6 Å². The Morgan fingerprint density at radius 1 is 1.44 bits per heavy atom. The van der Waals surface area contributed by atoms with Crippen molar-refractivity contribution in [2.24, 2.45) is 5.92 Å². The maximum absolute atomic E-state index is 11.1. The standard InChI is InChI=1S/C11H19NO4/c1-8(13)12-10(2-3-11(14)15)9-4-6-16-7-5-9/h9-10H,2-7H2,1H3,(H,12,13)(H,14,15). The lowest BCUT2D eigenvalue weighted by molar-refractivity contribution is -0.137. The summed E-state index contributed by atoms with van der Waals surface area (Å²) in [5, 5.41) is 11.5. The van der Waals surface area contributed by atoms with Crippen LogP contribution in [-0.2, 0) is 14.3 Å². The molecule has 16 heavy (non-hydrogen) atoms. The Bertz CT molecular complexity index is 248. The van der Waals surface area contributed by atoms with Crippen LogP contribution in [0.4, 0.5) is 0 Å². The van der Waals surface area contributed by atoms with Gasteiger partial charge in [-0.1, -0.05) is 0 Å². The van der Waals surface area contributed by atoms with Crippen molar-refractivity contribution in [3.05, 3.63) is 0 Å². The van der Waals surface area contributed by atoms with E-state index in [1.807, 2.05) is 0 Å². The molecule has 0 aromatic heterocycles. The summed E-state index contributed by atoms with van der Waals surface area (Å²) in [5.41, 5.74) is 0. The van der Waals surface area contributed by atoms with E-state index in [-0.39, 0.29) is 18.4 Å². The highest BCUT2D eigenvalue weighted by Crippen LogP contribution is 2.21. The molecule has 5 heteroatoms. The van der Waals surface area contributed by atoms with E-state index in [4.69, 9.17) is 9.84 Å². The number of ether oxygens (including phenoxy) is 1. The molecule has 0 spiro atoms. The van der Waals surface area contributed by atoms with E-state index in [9.17, 15) is 9.59 Å². The van der Waals surface area contributed by atoms with Crippen molar-refractivity contribution in [3.8, 4) is 0 Å². The molecule has 1 aliphatic rings. The third kappa shape index (κ3) is 4.61. The lowest BCUT2D eigenvalue weighted by Gasteiger charge is -2.30. The zero-order chi connectivity index (χ0) is 12.0. The Balaban J connectivity index is 2.47. The number of hydrogen-bond donors (Lipinski definition) is 2. The van der Waals surface area contributed by atoms with Crippen molar-refractivity contribution < 1.29 is 19.4 Å². The van der Waals surface area contributed by atoms with Crippen LogP contribution >= 0.6 is 0 Å². The molecule has 0 aromatic carbocycles. The van der Waals surface area contributed by atoms with Gasteiger partial charge in [0.2, 0.25) is 5.91 Å². The minimum Gasteiger partial charge on any atom is -0.481 e. The van der Waals surface area contributed by atoms with Crippen molar-refractivity contribution in [2.45, 2.75) is 38.6 Å². The minimum atomic E-state index is -0.817. The van der Waals surface area contributed by atoms with Gasteiger partial charge in [-0.05, 0) is 25.2 Å². The lowest BCUT2D eigenvalue weighted by Crippen LogP contribution is -2.41. The maximum atomic E-state index is 11.1. The third-order valence-corrected chi connectivity index (χ3v) is 2.89. The van der Waals surface area contributed by atoms with Crippen molar-refractivity contribution in [1.29, 1.82) is 0 Å². The fraction of sp³-hybridized carbons (Fsp3) is 0.818. The van der Waals surface area contributed by atoms with Crippen LogP contribution in [0.3, 0.4) is 0 Å². The number of carboxylic acid groups (broad SMARTS) is 1. The monoisotopic (exact) mass is 229 g/mol. The largest absolute Gasteiger partial charge is 0.481 e. The quantitative estimate of drug-likeness (QED) is 0.730. The summed E-state index contributed by atoms with van der Waals surface area (Å²) in [7, 11) is 0. The maximum Gasteiger partial charge on any atom is 0.303 e. The molecule has 1 saturated heterocycles. The summed E-state index contributed by atoms with van der Waals surface area (Å²) in [6, 6.07) is -0.0301. The molecule has 0 aliphatic carbocycles. The van der Waals surface area contributed by atoms with Gasteiger partial charge in [0.1, 0.15) is 0 Å². The SMILES string of the molecule is CC(=O)NC(CCC(=O)O)C1CCOCC1. The molecule has 1 aliphatic heterocycles. The van der Waals surface area contributed by atoms with Gasteiger partial charge in [-0.25, -0.2) is 0 Å². The Hall–Kier alpha value is -1.10. The predicted octanol–water partition coefficient (Wildman–Crippen LogP) is 0.782. The van der Waals surface area contributed by atoms with Gasteiger partial charge in [0.25, 0.3) is 0 Å². The van der Waals surface area contributed by atoms with Crippen molar-refractivity contribution >= 4 is 11.9 Å². The number of nitrogens with one attached hydrogen (secondary N) is 1. The predicted molar refractivity (Wildman–Crippen MR) is 58.0 cm³/mol. The first-order chi connectivity index (χ1) is 7.59. The topological polar surface area (TPSA) is 75.6 Å². The summed E-state index contributed by atoms with van der Waals surface area (Å²) in [6.07, 6.45) is 2.39. The molecule has 1 rings (SSSR count). The molecule has 0 bridgehead atoms. The van der Waals surface area contributed by atoms with Gasteiger partial charge in [-0.15, -0.1) is 0 Å². The Labute approximate surface area is 95.2 Å². The van der Waals surface area contributed by atoms with Gasteiger partial charge < -0.3 is 15.2 Å². The summed E-state index contributed by atoms with van der Waals surface area (Å²) in [4.78, 5) is 21.6. The lowest BCUT2D eigenvalue weighted by atomic mass is 9.89.